The van der Waals surface area contributed by atoms with Crippen molar-refractivity contribution < 1.29 is 9.72 Å². The fourth-order valence-electron chi connectivity index (χ4n) is 1.75. The van der Waals surface area contributed by atoms with Crippen molar-refractivity contribution in [3.05, 3.63) is 54.7 Å². The summed E-state index contributed by atoms with van der Waals surface area (Å²) in [6, 6.07) is 7.89. The number of benzene rings is 1. The molecule has 0 atom stereocenters. The van der Waals surface area contributed by atoms with Gasteiger partial charge in [-0.2, -0.15) is 0 Å². The van der Waals surface area contributed by atoms with E-state index in [1.54, 1.807) is 11.3 Å². The Bertz CT molecular complexity index is 687. The van der Waals surface area contributed by atoms with Crippen molar-refractivity contribution in [2.45, 2.75) is 6.42 Å². The molecule has 0 aliphatic heterocycles. The normalized spacial score (nSPS) is 10.3. The second-order valence-electron chi connectivity index (χ2n) is 4.24. The molecule has 0 fully saturated rings. The average Bonchev–Trinajstić information content (AvgIpc) is 2.83. The number of nitrogen functional groups attached to an aromatic ring is 1. The zero-order chi connectivity index (χ0) is 15.4. The summed E-state index contributed by atoms with van der Waals surface area (Å²) in [6.45, 7) is 0.489. The number of nitro groups is 1. The van der Waals surface area contributed by atoms with Gasteiger partial charge in [-0.3, -0.25) is 14.9 Å². The van der Waals surface area contributed by atoms with E-state index in [2.05, 4.69) is 21.2 Å². The lowest BCUT2D eigenvalue weighted by molar-refractivity contribution is -0.383. The number of carbonyl (C=O) groups excluding carboxylic acids is 1. The highest BCUT2D eigenvalue weighted by Crippen LogP contribution is 2.23. The van der Waals surface area contributed by atoms with E-state index in [1.807, 2.05) is 12.1 Å². The third-order valence-electron chi connectivity index (χ3n) is 2.77. The maximum absolute atomic E-state index is 11.9. The van der Waals surface area contributed by atoms with Gasteiger partial charge in [-0.15, -0.1) is 11.3 Å². The molecule has 0 radical (unpaired) electrons. The maximum Gasteiger partial charge on any atom is 0.292 e. The van der Waals surface area contributed by atoms with Crippen molar-refractivity contribution in [1.82, 2.24) is 5.32 Å². The summed E-state index contributed by atoms with van der Waals surface area (Å²) in [5, 5.41) is 13.4. The van der Waals surface area contributed by atoms with Crippen LogP contribution in [-0.2, 0) is 6.42 Å². The van der Waals surface area contributed by atoms with Crippen LogP contribution in [0.25, 0.3) is 0 Å². The van der Waals surface area contributed by atoms with E-state index in [0.29, 0.717) is 12.1 Å². The number of halogens is 1. The summed E-state index contributed by atoms with van der Waals surface area (Å²) in [7, 11) is 0. The molecule has 2 aromatic rings. The monoisotopic (exact) mass is 369 g/mol. The Morgan fingerprint density at radius 1 is 1.38 bits per heavy atom. The molecule has 3 N–H and O–H groups in total. The first-order valence-electron chi connectivity index (χ1n) is 6.03. The van der Waals surface area contributed by atoms with Crippen molar-refractivity contribution in [3.63, 3.8) is 0 Å². The maximum atomic E-state index is 11.9. The Morgan fingerprint density at radius 3 is 2.71 bits per heavy atom. The average molecular weight is 370 g/mol. The Balaban J connectivity index is 1.94. The van der Waals surface area contributed by atoms with E-state index in [4.69, 9.17) is 5.73 Å². The number of hydrogen-bond acceptors (Lipinski definition) is 5. The van der Waals surface area contributed by atoms with Crippen molar-refractivity contribution in [1.29, 1.82) is 0 Å². The molecule has 0 saturated carbocycles. The van der Waals surface area contributed by atoms with Crippen LogP contribution in [0.1, 0.15) is 15.2 Å². The van der Waals surface area contributed by atoms with Crippen LogP contribution in [0, 0.1) is 10.1 Å². The Kier molecular flexibility index (Phi) is 4.92. The molecule has 1 amide bonds. The molecule has 0 bridgehead atoms. The number of nitro benzene ring substituents is 1. The number of hydrogen-bond donors (Lipinski definition) is 2. The first-order chi connectivity index (χ1) is 9.97. The fourth-order valence-corrected chi connectivity index (χ4v) is 3.23. The van der Waals surface area contributed by atoms with Gasteiger partial charge in [0.05, 0.1) is 8.71 Å². The van der Waals surface area contributed by atoms with Crippen LogP contribution in [-0.4, -0.2) is 17.4 Å². The van der Waals surface area contributed by atoms with Gasteiger partial charge < -0.3 is 11.1 Å². The number of nitrogens with zero attached hydrogens (tertiary/aromatic N) is 1. The minimum atomic E-state index is -0.578. The molecule has 1 aromatic carbocycles. The van der Waals surface area contributed by atoms with Gasteiger partial charge in [-0.1, -0.05) is 0 Å². The van der Waals surface area contributed by atoms with Gasteiger partial charge in [0, 0.05) is 23.1 Å². The van der Waals surface area contributed by atoms with Crippen LogP contribution in [0.4, 0.5) is 11.4 Å². The summed E-state index contributed by atoms with van der Waals surface area (Å²) < 4.78 is 1.05. The third-order valence-corrected chi connectivity index (χ3v) is 4.46. The second kappa shape index (κ2) is 6.68. The number of carbonyl (C=O) groups is 1. The molecule has 0 saturated heterocycles. The first-order valence-corrected chi connectivity index (χ1v) is 7.64. The lowest BCUT2D eigenvalue weighted by Gasteiger charge is -2.05. The van der Waals surface area contributed by atoms with Gasteiger partial charge in [0.2, 0.25) is 0 Å². The molecule has 1 heterocycles. The van der Waals surface area contributed by atoms with Crippen LogP contribution in [0.5, 0.6) is 0 Å². The highest BCUT2D eigenvalue weighted by atomic mass is 79.9. The molecule has 0 unspecified atom stereocenters. The quantitative estimate of drug-likeness (QED) is 0.480. The number of anilines is 1. The standard InChI is InChI=1S/C13H12BrN3O3S/c14-12-4-2-9(21-12)5-6-16-13(18)8-1-3-11(17(19)20)10(15)7-8/h1-4,7H,5-6,15H2,(H,16,18). The smallest absolute Gasteiger partial charge is 0.292 e. The van der Waals surface area contributed by atoms with Crippen LogP contribution in [0.2, 0.25) is 0 Å². The molecule has 110 valence electrons. The molecule has 21 heavy (non-hydrogen) atoms. The van der Waals surface area contributed by atoms with E-state index in [1.165, 1.54) is 18.2 Å². The van der Waals surface area contributed by atoms with Gasteiger partial charge in [0.1, 0.15) is 5.69 Å². The molecule has 2 rings (SSSR count). The number of thiophene rings is 1. The van der Waals surface area contributed by atoms with Crippen molar-refractivity contribution in [2.24, 2.45) is 0 Å². The van der Waals surface area contributed by atoms with Crippen LogP contribution in [0.3, 0.4) is 0 Å². The molecule has 1 aromatic heterocycles. The number of amides is 1. The largest absolute Gasteiger partial charge is 0.393 e. The molecule has 0 spiro atoms. The van der Waals surface area contributed by atoms with Crippen molar-refractivity contribution in [2.75, 3.05) is 12.3 Å². The molecule has 8 heteroatoms. The minimum Gasteiger partial charge on any atom is -0.393 e. The first kappa shape index (κ1) is 15.5. The summed E-state index contributed by atoms with van der Waals surface area (Å²) in [6.07, 6.45) is 0.727. The zero-order valence-corrected chi connectivity index (χ0v) is 13.2. The summed E-state index contributed by atoms with van der Waals surface area (Å²) in [5.74, 6) is -0.299. The van der Waals surface area contributed by atoms with Gasteiger partial charge >= 0.3 is 0 Å². The number of nitrogens with two attached hydrogens (primary N) is 1. The van der Waals surface area contributed by atoms with Gasteiger partial charge in [0.15, 0.2) is 0 Å². The topological polar surface area (TPSA) is 98.3 Å². The van der Waals surface area contributed by atoms with Gasteiger partial charge in [-0.25, -0.2) is 0 Å². The van der Waals surface area contributed by atoms with Crippen LogP contribution in [0.15, 0.2) is 34.1 Å². The Hall–Kier alpha value is -1.93. The van der Waals surface area contributed by atoms with Crippen molar-refractivity contribution in [3.8, 4) is 0 Å². The Labute approximate surface area is 133 Å². The van der Waals surface area contributed by atoms with E-state index < -0.39 is 4.92 Å². The molecule has 0 aliphatic rings. The van der Waals surface area contributed by atoms with Crippen LogP contribution >= 0.6 is 27.3 Å². The van der Waals surface area contributed by atoms with E-state index in [-0.39, 0.29) is 17.3 Å². The van der Waals surface area contributed by atoms with E-state index >= 15 is 0 Å². The Morgan fingerprint density at radius 2 is 2.14 bits per heavy atom. The fraction of sp³-hybridized carbons (Fsp3) is 0.154. The lowest BCUT2D eigenvalue weighted by Crippen LogP contribution is -2.25. The molecular weight excluding hydrogens is 358 g/mol. The predicted octanol–water partition coefficient (Wildman–Crippen LogP) is 2.97. The molecule has 0 aliphatic carbocycles. The van der Waals surface area contributed by atoms with Crippen molar-refractivity contribution >= 4 is 44.5 Å². The molecule has 6 nitrogen and oxygen atoms in total. The van der Waals surface area contributed by atoms with E-state index in [9.17, 15) is 14.9 Å². The second-order valence-corrected chi connectivity index (χ2v) is 6.79. The highest BCUT2D eigenvalue weighted by Gasteiger charge is 2.14. The van der Waals surface area contributed by atoms with Crippen LogP contribution < -0.4 is 11.1 Å². The summed E-state index contributed by atoms with van der Waals surface area (Å²) in [5.41, 5.74) is 5.65. The number of rotatable bonds is 5. The summed E-state index contributed by atoms with van der Waals surface area (Å²) in [4.78, 5) is 23.2. The molecular formula is C13H12BrN3O3S. The highest BCUT2D eigenvalue weighted by molar-refractivity contribution is 9.11. The lowest BCUT2D eigenvalue weighted by atomic mass is 10.1. The van der Waals surface area contributed by atoms with Gasteiger partial charge in [0.25, 0.3) is 11.6 Å². The predicted molar refractivity (Wildman–Crippen MR) is 85.6 cm³/mol. The third kappa shape index (κ3) is 4.02. The van der Waals surface area contributed by atoms with Gasteiger partial charge in [-0.05, 0) is 46.6 Å². The summed E-state index contributed by atoms with van der Waals surface area (Å²) >= 11 is 4.99. The SMILES string of the molecule is Nc1cc(C(=O)NCCc2ccc(Br)s2)ccc1[N+](=O)[O-]. The zero-order valence-electron chi connectivity index (χ0n) is 10.8. The van der Waals surface area contributed by atoms with E-state index in [0.717, 1.165) is 15.1 Å². The number of nitrogens with one attached hydrogen (secondary N) is 1. The minimum absolute atomic E-state index is 0.0187.